The van der Waals surface area contributed by atoms with Crippen LogP contribution in [0.2, 0.25) is 0 Å². The van der Waals surface area contributed by atoms with Crippen molar-refractivity contribution in [2.24, 2.45) is 0 Å². The molecule has 2 aliphatic heterocycles. The van der Waals surface area contributed by atoms with Crippen molar-refractivity contribution in [2.75, 3.05) is 13.1 Å². The van der Waals surface area contributed by atoms with Gasteiger partial charge >= 0.3 is 0 Å². The number of carbonyl (C=O) groups is 2. The van der Waals surface area contributed by atoms with Crippen LogP contribution < -0.4 is 0 Å². The van der Waals surface area contributed by atoms with Crippen LogP contribution in [0.5, 0.6) is 0 Å². The molecule has 92 valence electrons. The third-order valence-corrected chi connectivity index (χ3v) is 3.65. The molecule has 0 radical (unpaired) electrons. The Morgan fingerprint density at radius 1 is 1.41 bits per heavy atom. The Kier molecular flexibility index (Phi) is 3.37. The first-order valence-electron chi connectivity index (χ1n) is 6.25. The molecule has 0 N–H and O–H groups in total. The third-order valence-electron chi connectivity index (χ3n) is 3.65. The van der Waals surface area contributed by atoms with E-state index in [2.05, 4.69) is 5.92 Å². The Balaban J connectivity index is 2.21. The van der Waals surface area contributed by atoms with E-state index in [1.54, 1.807) is 9.80 Å². The second kappa shape index (κ2) is 4.79. The van der Waals surface area contributed by atoms with E-state index in [1.807, 2.05) is 6.92 Å². The van der Waals surface area contributed by atoms with E-state index >= 15 is 0 Å². The van der Waals surface area contributed by atoms with Gasteiger partial charge in [0.05, 0.1) is 0 Å². The molecule has 0 aromatic carbocycles. The van der Waals surface area contributed by atoms with Gasteiger partial charge in [0.1, 0.15) is 12.1 Å². The number of hydrogen-bond acceptors (Lipinski definition) is 2. The number of nitrogens with zero attached hydrogens (tertiary/aromatic N) is 2. The van der Waals surface area contributed by atoms with Crippen LogP contribution >= 0.6 is 0 Å². The molecule has 0 aliphatic carbocycles. The Morgan fingerprint density at radius 3 is 2.82 bits per heavy atom. The minimum Gasteiger partial charge on any atom is -0.329 e. The molecule has 2 aliphatic rings. The average molecular weight is 234 g/mol. The minimum absolute atomic E-state index is 0.0872. The minimum atomic E-state index is -0.301. The molecule has 0 aromatic rings. The van der Waals surface area contributed by atoms with Crippen molar-refractivity contribution in [3.63, 3.8) is 0 Å². The maximum absolute atomic E-state index is 12.3. The molecule has 2 fully saturated rings. The molecule has 2 saturated heterocycles. The number of amides is 2. The van der Waals surface area contributed by atoms with Gasteiger partial charge in [-0.25, -0.2) is 0 Å². The molecular formula is C13H18N2O2. The second-order valence-electron chi connectivity index (χ2n) is 4.60. The number of piperazine rings is 1. The van der Waals surface area contributed by atoms with Gasteiger partial charge in [0.2, 0.25) is 11.8 Å². The van der Waals surface area contributed by atoms with Gasteiger partial charge in [-0.3, -0.25) is 9.59 Å². The zero-order chi connectivity index (χ0) is 12.4. The molecule has 0 spiro atoms. The Bertz CT molecular complexity index is 372. The van der Waals surface area contributed by atoms with E-state index in [9.17, 15) is 9.59 Å². The molecule has 0 saturated carbocycles. The van der Waals surface area contributed by atoms with Crippen LogP contribution in [0.1, 0.15) is 32.6 Å². The summed E-state index contributed by atoms with van der Waals surface area (Å²) in [5.74, 6) is 2.73. The summed E-state index contributed by atoms with van der Waals surface area (Å²) in [5.41, 5.74) is 0. The molecule has 2 rings (SSSR count). The fraction of sp³-hybridized carbons (Fsp3) is 0.692. The summed E-state index contributed by atoms with van der Waals surface area (Å²) in [5, 5.41) is 0. The van der Waals surface area contributed by atoms with Crippen LogP contribution in [0.3, 0.4) is 0 Å². The van der Waals surface area contributed by atoms with Gasteiger partial charge in [0.15, 0.2) is 0 Å². The maximum Gasteiger partial charge on any atom is 0.246 e. The normalized spacial score (nSPS) is 28.2. The lowest BCUT2D eigenvalue weighted by Gasteiger charge is -2.41. The SMILES string of the molecule is C#CCCN1C(=O)C2CCCN2C(=O)C1CC. The maximum atomic E-state index is 12.3. The standard InChI is InChI=1S/C13H18N2O2/c1-3-5-8-14-10(4-2)12(16)15-9-6-7-11(15)13(14)17/h1,10-11H,4-9H2,2H3. The summed E-state index contributed by atoms with van der Waals surface area (Å²) >= 11 is 0. The molecule has 4 heteroatoms. The van der Waals surface area contributed by atoms with Crippen molar-refractivity contribution in [1.82, 2.24) is 9.80 Å². The van der Waals surface area contributed by atoms with E-state index in [-0.39, 0.29) is 23.9 Å². The van der Waals surface area contributed by atoms with Gasteiger partial charge in [0, 0.05) is 19.5 Å². The molecular weight excluding hydrogens is 216 g/mol. The summed E-state index contributed by atoms with van der Waals surface area (Å²) in [6.07, 6.45) is 8.15. The molecule has 2 heterocycles. The van der Waals surface area contributed by atoms with Gasteiger partial charge in [-0.1, -0.05) is 6.92 Å². The zero-order valence-corrected chi connectivity index (χ0v) is 10.2. The molecule has 2 atom stereocenters. The first-order chi connectivity index (χ1) is 8.20. The quantitative estimate of drug-likeness (QED) is 0.672. The second-order valence-corrected chi connectivity index (χ2v) is 4.60. The molecule has 17 heavy (non-hydrogen) atoms. The van der Waals surface area contributed by atoms with E-state index in [1.165, 1.54) is 0 Å². The van der Waals surface area contributed by atoms with E-state index < -0.39 is 0 Å². The third kappa shape index (κ3) is 1.90. The predicted molar refractivity (Wildman–Crippen MR) is 64.0 cm³/mol. The lowest BCUT2D eigenvalue weighted by atomic mass is 10.0. The highest BCUT2D eigenvalue weighted by Crippen LogP contribution is 2.28. The number of hydrogen-bond donors (Lipinski definition) is 0. The summed E-state index contributed by atoms with van der Waals surface area (Å²) in [4.78, 5) is 28.0. The number of carbonyl (C=O) groups excluding carboxylic acids is 2. The van der Waals surface area contributed by atoms with Crippen LogP contribution in [0.4, 0.5) is 0 Å². The fourth-order valence-corrected chi connectivity index (χ4v) is 2.80. The monoisotopic (exact) mass is 234 g/mol. The Morgan fingerprint density at radius 2 is 2.18 bits per heavy atom. The van der Waals surface area contributed by atoms with Crippen molar-refractivity contribution >= 4 is 11.8 Å². The van der Waals surface area contributed by atoms with Gasteiger partial charge in [0.25, 0.3) is 0 Å². The van der Waals surface area contributed by atoms with Gasteiger partial charge in [-0.2, -0.15) is 0 Å². The average Bonchev–Trinajstić information content (AvgIpc) is 2.81. The van der Waals surface area contributed by atoms with Crippen LogP contribution in [0.15, 0.2) is 0 Å². The van der Waals surface area contributed by atoms with Crippen molar-refractivity contribution in [1.29, 1.82) is 0 Å². The first kappa shape index (κ1) is 12.0. The zero-order valence-electron chi connectivity index (χ0n) is 10.2. The highest BCUT2D eigenvalue weighted by Gasteiger charge is 2.46. The van der Waals surface area contributed by atoms with Crippen molar-refractivity contribution in [3.8, 4) is 12.3 Å². The highest BCUT2D eigenvalue weighted by atomic mass is 16.2. The van der Waals surface area contributed by atoms with E-state index in [0.29, 0.717) is 19.4 Å². The summed E-state index contributed by atoms with van der Waals surface area (Å²) in [6, 6.07) is -0.520. The largest absolute Gasteiger partial charge is 0.329 e. The number of terminal acetylenes is 1. The molecule has 4 nitrogen and oxygen atoms in total. The van der Waals surface area contributed by atoms with Crippen LogP contribution in [-0.4, -0.2) is 46.8 Å². The molecule has 2 amide bonds. The van der Waals surface area contributed by atoms with Crippen LogP contribution in [-0.2, 0) is 9.59 Å². The van der Waals surface area contributed by atoms with Crippen LogP contribution in [0, 0.1) is 12.3 Å². The summed E-state index contributed by atoms with van der Waals surface area (Å²) < 4.78 is 0. The topological polar surface area (TPSA) is 40.6 Å². The number of fused-ring (bicyclic) bond motifs is 1. The lowest BCUT2D eigenvalue weighted by molar-refractivity contribution is -0.159. The Hall–Kier alpha value is -1.50. The van der Waals surface area contributed by atoms with Gasteiger partial charge < -0.3 is 9.80 Å². The Labute approximate surface area is 102 Å². The number of rotatable bonds is 3. The first-order valence-corrected chi connectivity index (χ1v) is 6.25. The van der Waals surface area contributed by atoms with Crippen molar-refractivity contribution in [2.45, 2.75) is 44.7 Å². The van der Waals surface area contributed by atoms with Crippen LogP contribution in [0.25, 0.3) is 0 Å². The molecule has 0 aromatic heterocycles. The van der Waals surface area contributed by atoms with Gasteiger partial charge in [-0.15, -0.1) is 12.3 Å². The molecule has 0 bridgehead atoms. The predicted octanol–water partition coefficient (Wildman–Crippen LogP) is 0.621. The van der Waals surface area contributed by atoms with E-state index in [0.717, 1.165) is 19.4 Å². The van der Waals surface area contributed by atoms with Crippen molar-refractivity contribution < 1.29 is 9.59 Å². The summed E-state index contributed by atoms with van der Waals surface area (Å²) in [7, 11) is 0. The molecule has 2 unspecified atom stereocenters. The summed E-state index contributed by atoms with van der Waals surface area (Å²) in [6.45, 7) is 3.17. The smallest absolute Gasteiger partial charge is 0.246 e. The van der Waals surface area contributed by atoms with Crippen molar-refractivity contribution in [3.05, 3.63) is 0 Å². The lowest BCUT2D eigenvalue weighted by Crippen LogP contribution is -2.62. The fourth-order valence-electron chi connectivity index (χ4n) is 2.80. The van der Waals surface area contributed by atoms with Gasteiger partial charge in [-0.05, 0) is 19.3 Å². The van der Waals surface area contributed by atoms with E-state index in [4.69, 9.17) is 6.42 Å². The highest BCUT2D eigenvalue weighted by molar-refractivity contribution is 5.97.